The third kappa shape index (κ3) is 3.24. The van der Waals surface area contributed by atoms with Crippen molar-refractivity contribution in [2.75, 3.05) is 19.6 Å². The lowest BCUT2D eigenvalue weighted by atomic mass is 10.1. The SMILES string of the molecule is NNC(=O)C1CCC(CN2CCC(=O)CC2)O1. The third-order valence-electron chi connectivity index (χ3n) is 3.42. The number of piperidine rings is 1. The van der Waals surface area contributed by atoms with Gasteiger partial charge >= 0.3 is 0 Å². The maximum atomic E-state index is 11.3. The summed E-state index contributed by atoms with van der Waals surface area (Å²) in [5, 5.41) is 0. The molecule has 2 fully saturated rings. The number of rotatable bonds is 3. The number of ketones is 1. The highest BCUT2D eigenvalue weighted by Crippen LogP contribution is 2.21. The lowest BCUT2D eigenvalue weighted by molar-refractivity contribution is -0.132. The lowest BCUT2D eigenvalue weighted by Gasteiger charge is -2.28. The zero-order chi connectivity index (χ0) is 12.3. The molecule has 0 bridgehead atoms. The van der Waals surface area contributed by atoms with Gasteiger partial charge in [0.15, 0.2) is 0 Å². The Hall–Kier alpha value is -0.980. The van der Waals surface area contributed by atoms with Crippen molar-refractivity contribution in [2.24, 2.45) is 5.84 Å². The van der Waals surface area contributed by atoms with E-state index in [1.807, 2.05) is 0 Å². The molecule has 6 nitrogen and oxygen atoms in total. The van der Waals surface area contributed by atoms with Gasteiger partial charge in [-0.15, -0.1) is 0 Å². The van der Waals surface area contributed by atoms with E-state index >= 15 is 0 Å². The van der Waals surface area contributed by atoms with Crippen molar-refractivity contribution < 1.29 is 14.3 Å². The first-order valence-corrected chi connectivity index (χ1v) is 6.09. The molecule has 0 aliphatic carbocycles. The van der Waals surface area contributed by atoms with E-state index in [2.05, 4.69) is 10.3 Å². The standard InChI is InChI=1S/C11H19N3O3/c12-13-11(16)10-2-1-9(17-10)7-14-5-3-8(15)4-6-14/h9-10H,1-7,12H2,(H,13,16). The van der Waals surface area contributed by atoms with Crippen LogP contribution in [0, 0.1) is 0 Å². The fraction of sp³-hybridized carbons (Fsp3) is 0.818. The zero-order valence-corrected chi connectivity index (χ0v) is 9.85. The van der Waals surface area contributed by atoms with Crippen LogP contribution in [0.2, 0.25) is 0 Å². The van der Waals surface area contributed by atoms with Gasteiger partial charge in [0, 0.05) is 32.5 Å². The van der Waals surface area contributed by atoms with Crippen LogP contribution >= 0.6 is 0 Å². The highest BCUT2D eigenvalue weighted by Gasteiger charge is 2.31. The molecule has 1 amide bonds. The first-order valence-electron chi connectivity index (χ1n) is 6.09. The highest BCUT2D eigenvalue weighted by molar-refractivity contribution is 5.80. The van der Waals surface area contributed by atoms with Crippen molar-refractivity contribution in [3.63, 3.8) is 0 Å². The van der Waals surface area contributed by atoms with Crippen molar-refractivity contribution >= 4 is 11.7 Å². The molecular formula is C11H19N3O3. The van der Waals surface area contributed by atoms with Gasteiger partial charge in [-0.3, -0.25) is 19.9 Å². The average Bonchev–Trinajstić information content (AvgIpc) is 2.80. The van der Waals surface area contributed by atoms with E-state index in [9.17, 15) is 9.59 Å². The van der Waals surface area contributed by atoms with Gasteiger partial charge in [-0.25, -0.2) is 5.84 Å². The second kappa shape index (κ2) is 5.57. The van der Waals surface area contributed by atoms with Crippen molar-refractivity contribution in [1.29, 1.82) is 0 Å². The molecule has 2 atom stereocenters. The van der Waals surface area contributed by atoms with Crippen LogP contribution < -0.4 is 11.3 Å². The predicted molar refractivity (Wildman–Crippen MR) is 60.9 cm³/mol. The molecular weight excluding hydrogens is 222 g/mol. The summed E-state index contributed by atoms with van der Waals surface area (Å²) >= 11 is 0. The summed E-state index contributed by atoms with van der Waals surface area (Å²) in [6.45, 7) is 2.43. The Labute approximate surface area is 100 Å². The van der Waals surface area contributed by atoms with Gasteiger partial charge in [0.25, 0.3) is 5.91 Å². The highest BCUT2D eigenvalue weighted by atomic mass is 16.5. The number of nitrogens with one attached hydrogen (secondary N) is 1. The number of nitrogens with two attached hydrogens (primary N) is 1. The van der Waals surface area contributed by atoms with Crippen LogP contribution in [-0.2, 0) is 14.3 Å². The molecule has 2 heterocycles. The van der Waals surface area contributed by atoms with Gasteiger partial charge in [-0.2, -0.15) is 0 Å². The van der Waals surface area contributed by atoms with Gasteiger partial charge in [0.2, 0.25) is 0 Å². The Morgan fingerprint density at radius 1 is 1.41 bits per heavy atom. The van der Waals surface area contributed by atoms with E-state index in [4.69, 9.17) is 10.6 Å². The molecule has 0 spiro atoms. The van der Waals surface area contributed by atoms with Crippen molar-refractivity contribution in [3.05, 3.63) is 0 Å². The Morgan fingerprint density at radius 3 is 2.76 bits per heavy atom. The van der Waals surface area contributed by atoms with Gasteiger partial charge in [-0.05, 0) is 12.8 Å². The minimum Gasteiger partial charge on any atom is -0.364 e. The number of Topliss-reactive ketones (excluding diaryl/α,β-unsaturated/α-hetero) is 1. The molecule has 96 valence electrons. The molecule has 2 aliphatic heterocycles. The largest absolute Gasteiger partial charge is 0.364 e. The third-order valence-corrected chi connectivity index (χ3v) is 3.42. The van der Waals surface area contributed by atoms with Gasteiger partial charge in [0.1, 0.15) is 11.9 Å². The molecule has 17 heavy (non-hydrogen) atoms. The van der Waals surface area contributed by atoms with Crippen LogP contribution in [0.3, 0.4) is 0 Å². The molecule has 0 saturated carbocycles. The van der Waals surface area contributed by atoms with Gasteiger partial charge in [0.05, 0.1) is 6.10 Å². The summed E-state index contributed by atoms with van der Waals surface area (Å²) in [5.41, 5.74) is 2.11. The van der Waals surface area contributed by atoms with E-state index in [-0.39, 0.29) is 12.0 Å². The summed E-state index contributed by atoms with van der Waals surface area (Å²) in [6, 6.07) is 0. The smallest absolute Gasteiger partial charge is 0.263 e. The van der Waals surface area contributed by atoms with Crippen molar-refractivity contribution in [1.82, 2.24) is 10.3 Å². The topological polar surface area (TPSA) is 84.7 Å². The van der Waals surface area contributed by atoms with Crippen LogP contribution in [0.5, 0.6) is 0 Å². The van der Waals surface area contributed by atoms with E-state index in [0.717, 1.165) is 32.5 Å². The fourth-order valence-corrected chi connectivity index (χ4v) is 2.40. The number of nitrogens with zero attached hydrogens (tertiary/aromatic N) is 1. The Kier molecular flexibility index (Phi) is 4.09. The number of hydrogen-bond acceptors (Lipinski definition) is 5. The zero-order valence-electron chi connectivity index (χ0n) is 9.85. The first kappa shape index (κ1) is 12.5. The summed E-state index contributed by atoms with van der Waals surface area (Å²) in [4.78, 5) is 24.6. The number of carbonyl (C=O) groups excluding carboxylic acids is 2. The van der Waals surface area contributed by atoms with Crippen LogP contribution in [0.1, 0.15) is 25.7 Å². The molecule has 2 unspecified atom stereocenters. The maximum Gasteiger partial charge on any atom is 0.263 e. The Bertz CT molecular complexity index is 298. The maximum absolute atomic E-state index is 11.3. The summed E-state index contributed by atoms with van der Waals surface area (Å²) in [7, 11) is 0. The average molecular weight is 241 g/mol. The van der Waals surface area contributed by atoms with Gasteiger partial charge < -0.3 is 4.74 Å². The number of amides is 1. The van der Waals surface area contributed by atoms with Crippen LogP contribution in [-0.4, -0.2) is 48.4 Å². The molecule has 6 heteroatoms. The molecule has 2 aliphatic rings. The number of hydrogen-bond donors (Lipinski definition) is 2. The molecule has 0 radical (unpaired) electrons. The Morgan fingerprint density at radius 2 is 2.12 bits per heavy atom. The molecule has 3 N–H and O–H groups in total. The first-order chi connectivity index (χ1) is 8.19. The Balaban J connectivity index is 1.74. The van der Waals surface area contributed by atoms with E-state index in [1.165, 1.54) is 0 Å². The normalized spacial score (nSPS) is 30.5. The molecule has 0 aromatic heterocycles. The quantitative estimate of drug-likeness (QED) is 0.383. The summed E-state index contributed by atoms with van der Waals surface area (Å²) < 4.78 is 5.63. The minimum absolute atomic E-state index is 0.0884. The number of ether oxygens (including phenoxy) is 1. The van der Waals surface area contributed by atoms with Crippen LogP contribution in [0.25, 0.3) is 0 Å². The van der Waals surface area contributed by atoms with Crippen LogP contribution in [0.4, 0.5) is 0 Å². The fourth-order valence-electron chi connectivity index (χ4n) is 2.40. The summed E-state index contributed by atoms with van der Waals surface area (Å²) in [6.07, 6.45) is 2.56. The second-order valence-electron chi connectivity index (χ2n) is 4.67. The number of carbonyl (C=O) groups is 2. The minimum atomic E-state index is -0.406. The predicted octanol–water partition coefficient (Wildman–Crippen LogP) is -0.811. The molecule has 0 aromatic carbocycles. The van der Waals surface area contributed by atoms with Gasteiger partial charge in [-0.1, -0.05) is 0 Å². The molecule has 2 saturated heterocycles. The second-order valence-corrected chi connectivity index (χ2v) is 4.67. The van der Waals surface area contributed by atoms with E-state index < -0.39 is 6.10 Å². The number of hydrazine groups is 1. The van der Waals surface area contributed by atoms with Crippen molar-refractivity contribution in [2.45, 2.75) is 37.9 Å². The van der Waals surface area contributed by atoms with Crippen molar-refractivity contribution in [3.8, 4) is 0 Å². The number of likely N-dealkylation sites (tertiary alicyclic amines) is 1. The summed E-state index contributed by atoms with van der Waals surface area (Å²) in [5.74, 6) is 5.16. The molecule has 0 aromatic rings. The van der Waals surface area contributed by atoms with E-state index in [1.54, 1.807) is 0 Å². The van der Waals surface area contributed by atoms with E-state index in [0.29, 0.717) is 18.6 Å². The molecule has 2 rings (SSSR count). The lowest BCUT2D eigenvalue weighted by Crippen LogP contribution is -2.41. The monoisotopic (exact) mass is 241 g/mol. The van der Waals surface area contributed by atoms with Crippen LogP contribution in [0.15, 0.2) is 0 Å².